The Morgan fingerprint density at radius 2 is 2.00 bits per heavy atom. The number of aromatic nitrogens is 2. The van der Waals surface area contributed by atoms with Crippen molar-refractivity contribution >= 4 is 29.0 Å². The van der Waals surface area contributed by atoms with E-state index in [1.807, 2.05) is 13.8 Å². The third kappa shape index (κ3) is 2.65. The van der Waals surface area contributed by atoms with Gasteiger partial charge >= 0.3 is 0 Å². The molecule has 1 aromatic carbocycles. The first-order valence-electron chi connectivity index (χ1n) is 5.64. The van der Waals surface area contributed by atoms with E-state index < -0.39 is 5.82 Å². The molecule has 19 heavy (non-hydrogen) atoms. The summed E-state index contributed by atoms with van der Waals surface area (Å²) < 4.78 is 14.6. The molecule has 0 aliphatic rings. The second kappa shape index (κ2) is 5.31. The summed E-state index contributed by atoms with van der Waals surface area (Å²) in [5.74, 6) is -0.903. The van der Waals surface area contributed by atoms with Crippen LogP contribution in [0.2, 0.25) is 10.0 Å². The van der Waals surface area contributed by atoms with Crippen molar-refractivity contribution in [1.29, 1.82) is 0 Å². The van der Waals surface area contributed by atoms with Crippen molar-refractivity contribution in [3.8, 4) is 0 Å². The van der Waals surface area contributed by atoms with Gasteiger partial charge in [0.05, 0.1) is 16.2 Å². The molecule has 0 aliphatic heterocycles. The summed E-state index contributed by atoms with van der Waals surface area (Å²) in [4.78, 5) is 12.4. The number of ketones is 1. The first kappa shape index (κ1) is 14.0. The highest BCUT2D eigenvalue weighted by atomic mass is 35.5. The van der Waals surface area contributed by atoms with E-state index in [0.717, 1.165) is 6.07 Å². The Hall–Kier alpha value is -1.39. The van der Waals surface area contributed by atoms with Gasteiger partial charge in [-0.2, -0.15) is 5.10 Å². The molecule has 0 saturated carbocycles. The van der Waals surface area contributed by atoms with Gasteiger partial charge < -0.3 is 0 Å². The van der Waals surface area contributed by atoms with Crippen LogP contribution in [-0.4, -0.2) is 15.6 Å². The maximum Gasteiger partial charge on any atom is 0.212 e. The van der Waals surface area contributed by atoms with E-state index in [-0.39, 0.29) is 33.1 Å². The van der Waals surface area contributed by atoms with E-state index in [1.165, 1.54) is 23.0 Å². The molecule has 0 radical (unpaired) electrons. The molecule has 0 amide bonds. The Bertz CT molecular complexity index is 638. The summed E-state index contributed by atoms with van der Waals surface area (Å²) >= 11 is 11.7. The number of benzene rings is 1. The van der Waals surface area contributed by atoms with E-state index >= 15 is 0 Å². The van der Waals surface area contributed by atoms with Crippen LogP contribution in [0.15, 0.2) is 24.4 Å². The molecule has 2 rings (SSSR count). The molecule has 1 heterocycles. The summed E-state index contributed by atoms with van der Waals surface area (Å²) in [5.41, 5.74) is 0.551. The zero-order valence-corrected chi connectivity index (χ0v) is 11.8. The molecule has 0 N–H and O–H groups in total. The van der Waals surface area contributed by atoms with Crippen LogP contribution in [0.3, 0.4) is 0 Å². The van der Waals surface area contributed by atoms with Gasteiger partial charge in [0, 0.05) is 11.6 Å². The number of nitrogens with zero attached hydrogens (tertiary/aromatic N) is 2. The second-order valence-electron chi connectivity index (χ2n) is 4.34. The van der Waals surface area contributed by atoms with E-state index in [0.29, 0.717) is 0 Å². The SMILES string of the molecule is CC(C)n1ncc(Cl)c1C(=O)c1ccc(F)c(Cl)c1. The number of hydrogen-bond donors (Lipinski definition) is 0. The van der Waals surface area contributed by atoms with Crippen LogP contribution in [-0.2, 0) is 0 Å². The van der Waals surface area contributed by atoms with Crippen molar-refractivity contribution in [2.75, 3.05) is 0 Å². The summed E-state index contributed by atoms with van der Waals surface area (Å²) in [6, 6.07) is 3.80. The number of carbonyl (C=O) groups is 1. The first-order valence-corrected chi connectivity index (χ1v) is 6.40. The summed E-state index contributed by atoms with van der Waals surface area (Å²) in [7, 11) is 0. The third-order valence-corrected chi connectivity index (χ3v) is 3.20. The molecule has 3 nitrogen and oxygen atoms in total. The highest BCUT2D eigenvalue weighted by Gasteiger charge is 2.21. The first-order chi connectivity index (χ1) is 8.91. The lowest BCUT2D eigenvalue weighted by Crippen LogP contribution is -2.14. The van der Waals surface area contributed by atoms with Crippen molar-refractivity contribution in [3.05, 3.63) is 51.5 Å². The summed E-state index contributed by atoms with van der Waals surface area (Å²) in [6.45, 7) is 3.77. The van der Waals surface area contributed by atoms with Crippen LogP contribution < -0.4 is 0 Å². The Labute approximate surface area is 119 Å². The average molecular weight is 301 g/mol. The molecule has 0 fully saturated rings. The minimum absolute atomic E-state index is 0.0117. The summed E-state index contributed by atoms with van der Waals surface area (Å²) in [5, 5.41) is 4.22. The van der Waals surface area contributed by atoms with Gasteiger partial charge in [0.1, 0.15) is 11.5 Å². The topological polar surface area (TPSA) is 34.9 Å². The monoisotopic (exact) mass is 300 g/mol. The van der Waals surface area contributed by atoms with Crippen molar-refractivity contribution in [3.63, 3.8) is 0 Å². The lowest BCUT2D eigenvalue weighted by molar-refractivity contribution is 0.102. The van der Waals surface area contributed by atoms with Crippen LogP contribution in [0.25, 0.3) is 0 Å². The fraction of sp³-hybridized carbons (Fsp3) is 0.231. The molecule has 0 atom stereocenters. The third-order valence-electron chi connectivity index (χ3n) is 2.64. The number of carbonyl (C=O) groups excluding carboxylic acids is 1. The number of hydrogen-bond acceptors (Lipinski definition) is 2. The quantitative estimate of drug-likeness (QED) is 0.799. The Kier molecular flexibility index (Phi) is 3.92. The molecular weight excluding hydrogens is 290 g/mol. The fourth-order valence-electron chi connectivity index (χ4n) is 1.72. The molecular formula is C13H11Cl2FN2O. The fourth-order valence-corrected chi connectivity index (χ4v) is 2.12. The standard InChI is InChI=1S/C13H11Cl2FN2O/c1-7(2)18-12(10(15)6-17-18)13(19)8-3-4-11(16)9(14)5-8/h3-7H,1-2H3. The Balaban J connectivity index is 2.49. The average Bonchev–Trinajstić information content (AvgIpc) is 2.74. The van der Waals surface area contributed by atoms with Crippen LogP contribution in [0, 0.1) is 5.82 Å². The summed E-state index contributed by atoms with van der Waals surface area (Å²) in [6.07, 6.45) is 1.42. The van der Waals surface area contributed by atoms with E-state index in [9.17, 15) is 9.18 Å². The highest BCUT2D eigenvalue weighted by Crippen LogP contribution is 2.24. The zero-order valence-electron chi connectivity index (χ0n) is 10.3. The molecule has 0 unspecified atom stereocenters. The highest BCUT2D eigenvalue weighted by molar-refractivity contribution is 6.35. The molecule has 6 heteroatoms. The molecule has 0 saturated heterocycles. The van der Waals surface area contributed by atoms with Crippen molar-refractivity contribution in [1.82, 2.24) is 9.78 Å². The molecule has 0 bridgehead atoms. The van der Waals surface area contributed by atoms with Gasteiger partial charge in [-0.3, -0.25) is 9.48 Å². The van der Waals surface area contributed by atoms with Crippen LogP contribution in [0.1, 0.15) is 35.9 Å². The lowest BCUT2D eigenvalue weighted by Gasteiger charge is -2.10. The van der Waals surface area contributed by atoms with Gasteiger partial charge in [-0.05, 0) is 32.0 Å². The van der Waals surface area contributed by atoms with Crippen LogP contribution in [0.5, 0.6) is 0 Å². The largest absolute Gasteiger partial charge is 0.287 e. The van der Waals surface area contributed by atoms with Gasteiger partial charge in [0.25, 0.3) is 0 Å². The predicted octanol–water partition coefficient (Wildman–Crippen LogP) is 4.14. The Morgan fingerprint density at radius 3 is 2.58 bits per heavy atom. The second-order valence-corrected chi connectivity index (χ2v) is 5.15. The molecule has 100 valence electrons. The van der Waals surface area contributed by atoms with Gasteiger partial charge in [0.15, 0.2) is 0 Å². The van der Waals surface area contributed by atoms with Crippen LogP contribution in [0.4, 0.5) is 4.39 Å². The molecule has 0 spiro atoms. The van der Waals surface area contributed by atoms with Gasteiger partial charge in [-0.25, -0.2) is 4.39 Å². The van der Waals surface area contributed by atoms with Gasteiger partial charge in [-0.1, -0.05) is 23.2 Å². The lowest BCUT2D eigenvalue weighted by atomic mass is 10.1. The zero-order chi connectivity index (χ0) is 14.2. The normalized spacial score (nSPS) is 11.1. The van der Waals surface area contributed by atoms with E-state index in [1.54, 1.807) is 0 Å². The minimum Gasteiger partial charge on any atom is -0.287 e. The smallest absolute Gasteiger partial charge is 0.212 e. The molecule has 2 aromatic rings. The van der Waals surface area contributed by atoms with Crippen molar-refractivity contribution in [2.45, 2.75) is 19.9 Å². The van der Waals surface area contributed by atoms with Crippen molar-refractivity contribution < 1.29 is 9.18 Å². The Morgan fingerprint density at radius 1 is 1.32 bits per heavy atom. The van der Waals surface area contributed by atoms with Gasteiger partial charge in [-0.15, -0.1) is 0 Å². The maximum absolute atomic E-state index is 13.1. The van der Waals surface area contributed by atoms with Crippen LogP contribution >= 0.6 is 23.2 Å². The minimum atomic E-state index is -0.568. The number of rotatable bonds is 3. The van der Waals surface area contributed by atoms with Crippen molar-refractivity contribution in [2.24, 2.45) is 0 Å². The molecule has 1 aromatic heterocycles. The maximum atomic E-state index is 13.1. The number of halogens is 3. The molecule has 0 aliphatic carbocycles. The van der Waals surface area contributed by atoms with E-state index in [4.69, 9.17) is 23.2 Å². The predicted molar refractivity (Wildman–Crippen MR) is 72.5 cm³/mol. The van der Waals surface area contributed by atoms with E-state index in [2.05, 4.69) is 5.10 Å². The van der Waals surface area contributed by atoms with Gasteiger partial charge in [0.2, 0.25) is 5.78 Å².